The fourth-order valence-corrected chi connectivity index (χ4v) is 1.25. The number of hydrogen-bond donors (Lipinski definition) is 0. The molecule has 0 unspecified atom stereocenters. The summed E-state index contributed by atoms with van der Waals surface area (Å²) in [4.78, 5) is 5.41. The summed E-state index contributed by atoms with van der Waals surface area (Å²) in [6.07, 6.45) is -11.6. The molecule has 10 heteroatoms. The van der Waals surface area contributed by atoms with Gasteiger partial charge in [0.25, 0.3) is 0 Å². The van der Waals surface area contributed by atoms with Crippen molar-refractivity contribution in [2.45, 2.75) is 18.8 Å². The van der Waals surface area contributed by atoms with E-state index < -0.39 is 41.5 Å². The normalized spacial score (nSPS) is 11.8. The Kier molecular flexibility index (Phi) is 3.65. The van der Waals surface area contributed by atoms with E-state index in [0.717, 1.165) is 6.07 Å². The Morgan fingerprint density at radius 1 is 0.895 bits per heavy atom. The highest BCUT2D eigenvalue weighted by Crippen LogP contribution is 2.37. The first-order valence-corrected chi connectivity index (χ1v) is 4.43. The lowest BCUT2D eigenvalue weighted by atomic mass is 10.1. The van der Waals surface area contributed by atoms with Crippen LogP contribution in [-0.2, 0) is 18.8 Å². The van der Waals surface area contributed by atoms with Crippen LogP contribution < -0.4 is 0 Å². The SMILES string of the molecule is N#CCc1c(C(F)(F)F)nc(C#N)nc1C(F)(F)F. The smallest absolute Gasteiger partial charge is 0.214 e. The van der Waals surface area contributed by atoms with Crippen LogP contribution in [0.15, 0.2) is 0 Å². The molecule has 19 heavy (non-hydrogen) atoms. The molecule has 1 heterocycles. The molecule has 0 saturated carbocycles. The van der Waals surface area contributed by atoms with Crippen molar-refractivity contribution in [3.8, 4) is 12.1 Å². The fourth-order valence-electron chi connectivity index (χ4n) is 1.25. The molecule has 1 rings (SSSR count). The first-order valence-electron chi connectivity index (χ1n) is 4.43. The highest BCUT2D eigenvalue weighted by Gasteiger charge is 2.43. The molecule has 100 valence electrons. The van der Waals surface area contributed by atoms with Crippen LogP contribution in [0, 0.1) is 22.7 Å². The average Bonchev–Trinajstić information content (AvgIpc) is 2.26. The third kappa shape index (κ3) is 3.10. The fraction of sp³-hybridized carbons (Fsp3) is 0.333. The van der Waals surface area contributed by atoms with Gasteiger partial charge in [-0.05, 0) is 0 Å². The summed E-state index contributed by atoms with van der Waals surface area (Å²) >= 11 is 0. The minimum absolute atomic E-state index is 1.02. The maximum Gasteiger partial charge on any atom is 0.433 e. The number of nitriles is 2. The van der Waals surface area contributed by atoms with Crippen molar-refractivity contribution in [2.24, 2.45) is 0 Å². The van der Waals surface area contributed by atoms with E-state index in [1.165, 1.54) is 6.07 Å². The number of alkyl halides is 6. The number of hydrogen-bond acceptors (Lipinski definition) is 4. The van der Waals surface area contributed by atoms with E-state index in [4.69, 9.17) is 10.5 Å². The largest absolute Gasteiger partial charge is 0.433 e. The second kappa shape index (κ2) is 4.72. The molecular weight excluding hydrogens is 278 g/mol. The third-order valence-corrected chi connectivity index (χ3v) is 1.90. The Bertz CT molecular complexity index is 539. The molecule has 0 aliphatic heterocycles. The third-order valence-electron chi connectivity index (χ3n) is 1.90. The molecule has 0 atom stereocenters. The number of rotatable bonds is 1. The van der Waals surface area contributed by atoms with Crippen molar-refractivity contribution in [3.05, 3.63) is 22.8 Å². The van der Waals surface area contributed by atoms with Gasteiger partial charge in [0, 0.05) is 5.56 Å². The van der Waals surface area contributed by atoms with Gasteiger partial charge < -0.3 is 0 Å². The van der Waals surface area contributed by atoms with Gasteiger partial charge >= 0.3 is 12.4 Å². The maximum atomic E-state index is 12.6. The van der Waals surface area contributed by atoms with Crippen molar-refractivity contribution in [3.63, 3.8) is 0 Å². The van der Waals surface area contributed by atoms with Crippen LogP contribution in [0.2, 0.25) is 0 Å². The van der Waals surface area contributed by atoms with Gasteiger partial charge in [0.15, 0.2) is 11.4 Å². The second-order valence-electron chi connectivity index (χ2n) is 3.17. The Morgan fingerprint density at radius 3 is 1.58 bits per heavy atom. The van der Waals surface area contributed by atoms with E-state index in [2.05, 4.69) is 9.97 Å². The van der Waals surface area contributed by atoms with E-state index in [0.29, 0.717) is 0 Å². The highest BCUT2D eigenvalue weighted by atomic mass is 19.4. The standard InChI is InChI=1S/C9H2F6N4/c10-8(11,12)6-4(1-2-16)7(9(13,14)15)19-5(3-17)18-6/h1H2. The van der Waals surface area contributed by atoms with E-state index in [1.54, 1.807) is 0 Å². The minimum Gasteiger partial charge on any atom is -0.214 e. The van der Waals surface area contributed by atoms with Crippen LogP contribution in [0.3, 0.4) is 0 Å². The van der Waals surface area contributed by atoms with Crippen LogP contribution in [0.25, 0.3) is 0 Å². The molecule has 0 aliphatic carbocycles. The van der Waals surface area contributed by atoms with Crippen molar-refractivity contribution in [1.29, 1.82) is 10.5 Å². The van der Waals surface area contributed by atoms with Crippen molar-refractivity contribution in [1.82, 2.24) is 9.97 Å². The summed E-state index contributed by atoms with van der Waals surface area (Å²) in [6, 6.07) is 2.20. The molecule has 0 radical (unpaired) electrons. The molecular formula is C9H2F6N4. The summed E-state index contributed by atoms with van der Waals surface area (Å²) in [6.45, 7) is 0. The second-order valence-corrected chi connectivity index (χ2v) is 3.17. The van der Waals surface area contributed by atoms with Gasteiger partial charge in [0.1, 0.15) is 6.07 Å². The molecule has 0 aliphatic rings. The molecule has 1 aromatic heterocycles. The van der Waals surface area contributed by atoms with Gasteiger partial charge in [-0.3, -0.25) is 0 Å². The Morgan fingerprint density at radius 2 is 1.32 bits per heavy atom. The molecule has 0 saturated heterocycles. The molecule has 0 fully saturated rings. The van der Waals surface area contributed by atoms with E-state index in [-0.39, 0.29) is 0 Å². The topological polar surface area (TPSA) is 73.4 Å². The summed E-state index contributed by atoms with van der Waals surface area (Å²) in [7, 11) is 0. The number of halogens is 6. The van der Waals surface area contributed by atoms with Gasteiger partial charge in [-0.25, -0.2) is 9.97 Å². The van der Waals surface area contributed by atoms with E-state index in [9.17, 15) is 26.3 Å². The molecule has 0 bridgehead atoms. The van der Waals surface area contributed by atoms with E-state index >= 15 is 0 Å². The zero-order chi connectivity index (χ0) is 14.8. The Hall–Kier alpha value is -2.36. The predicted molar refractivity (Wildman–Crippen MR) is 46.1 cm³/mol. The maximum absolute atomic E-state index is 12.6. The summed E-state index contributed by atoms with van der Waals surface area (Å²) < 4.78 is 75.5. The van der Waals surface area contributed by atoms with Gasteiger partial charge in [-0.1, -0.05) is 0 Å². The van der Waals surface area contributed by atoms with Gasteiger partial charge in [0.2, 0.25) is 5.82 Å². The van der Waals surface area contributed by atoms with Gasteiger partial charge in [0.05, 0.1) is 12.5 Å². The lowest BCUT2D eigenvalue weighted by molar-refractivity contribution is -0.148. The van der Waals surface area contributed by atoms with Crippen LogP contribution in [0.1, 0.15) is 22.8 Å². The molecule has 0 N–H and O–H groups in total. The number of nitrogens with zero attached hydrogens (tertiary/aromatic N) is 4. The van der Waals surface area contributed by atoms with Crippen LogP contribution >= 0.6 is 0 Å². The highest BCUT2D eigenvalue weighted by molar-refractivity contribution is 5.34. The average molecular weight is 280 g/mol. The molecule has 0 spiro atoms. The van der Waals surface area contributed by atoms with Gasteiger partial charge in [-0.15, -0.1) is 0 Å². The Labute approximate surface area is 101 Å². The zero-order valence-corrected chi connectivity index (χ0v) is 8.76. The minimum atomic E-state index is -5.22. The summed E-state index contributed by atoms with van der Waals surface area (Å²) in [5, 5.41) is 16.7. The van der Waals surface area contributed by atoms with Crippen LogP contribution in [0.5, 0.6) is 0 Å². The van der Waals surface area contributed by atoms with Crippen LogP contribution in [0.4, 0.5) is 26.3 Å². The lowest BCUT2D eigenvalue weighted by Crippen LogP contribution is -2.21. The van der Waals surface area contributed by atoms with E-state index in [1.807, 2.05) is 0 Å². The molecule has 1 aromatic rings. The monoisotopic (exact) mass is 280 g/mol. The lowest BCUT2D eigenvalue weighted by Gasteiger charge is -2.15. The van der Waals surface area contributed by atoms with Gasteiger partial charge in [-0.2, -0.15) is 36.9 Å². The first kappa shape index (κ1) is 14.7. The quantitative estimate of drug-likeness (QED) is 0.740. The molecule has 0 aromatic carbocycles. The summed E-state index contributed by atoms with van der Waals surface area (Å²) in [5.41, 5.74) is -5.23. The predicted octanol–water partition coefficient (Wildman–Crippen LogP) is 2.45. The number of aromatic nitrogens is 2. The summed E-state index contributed by atoms with van der Waals surface area (Å²) in [5.74, 6) is -1.26. The van der Waals surface area contributed by atoms with Crippen molar-refractivity contribution < 1.29 is 26.3 Å². The molecule has 0 amide bonds. The van der Waals surface area contributed by atoms with Crippen LogP contribution in [-0.4, -0.2) is 9.97 Å². The Balaban J connectivity index is 3.73. The van der Waals surface area contributed by atoms with Crippen molar-refractivity contribution in [2.75, 3.05) is 0 Å². The van der Waals surface area contributed by atoms with Crippen molar-refractivity contribution >= 4 is 0 Å². The molecule has 4 nitrogen and oxygen atoms in total. The zero-order valence-electron chi connectivity index (χ0n) is 8.76. The first-order chi connectivity index (χ1) is 8.61.